The van der Waals surface area contributed by atoms with E-state index in [0.29, 0.717) is 6.04 Å². The lowest BCUT2D eigenvalue weighted by molar-refractivity contribution is 0.153. The molecule has 17 heavy (non-hydrogen) atoms. The van der Waals surface area contributed by atoms with E-state index in [1.165, 1.54) is 58.4 Å². The van der Waals surface area contributed by atoms with Crippen molar-refractivity contribution < 1.29 is 0 Å². The lowest BCUT2D eigenvalue weighted by Gasteiger charge is -2.32. The first-order chi connectivity index (χ1) is 8.22. The molecule has 1 rings (SSSR count). The van der Waals surface area contributed by atoms with Crippen LogP contribution in [-0.2, 0) is 0 Å². The summed E-state index contributed by atoms with van der Waals surface area (Å²) < 4.78 is 0. The van der Waals surface area contributed by atoms with Crippen LogP contribution < -0.4 is 5.32 Å². The molecule has 0 aromatic carbocycles. The summed E-state index contributed by atoms with van der Waals surface area (Å²) >= 11 is 0. The van der Waals surface area contributed by atoms with Crippen molar-refractivity contribution in [2.45, 2.75) is 45.6 Å². The van der Waals surface area contributed by atoms with E-state index in [1.807, 2.05) is 0 Å². The summed E-state index contributed by atoms with van der Waals surface area (Å²) in [6.45, 7) is 11.9. The van der Waals surface area contributed by atoms with Gasteiger partial charge < -0.3 is 10.2 Å². The third kappa shape index (κ3) is 7.02. The van der Waals surface area contributed by atoms with Crippen LogP contribution in [0.5, 0.6) is 0 Å². The number of hydrogen-bond donors (Lipinski definition) is 1. The lowest BCUT2D eigenvalue weighted by Crippen LogP contribution is -2.47. The van der Waals surface area contributed by atoms with Crippen molar-refractivity contribution in [3.8, 4) is 0 Å². The fourth-order valence-electron chi connectivity index (χ4n) is 2.34. The van der Waals surface area contributed by atoms with E-state index in [-0.39, 0.29) is 0 Å². The Morgan fingerprint density at radius 1 is 1.12 bits per heavy atom. The maximum absolute atomic E-state index is 3.64. The fourth-order valence-corrected chi connectivity index (χ4v) is 2.34. The maximum Gasteiger partial charge on any atom is 0.0110 e. The zero-order valence-electron chi connectivity index (χ0n) is 12.0. The highest BCUT2D eigenvalue weighted by Crippen LogP contribution is 2.03. The summed E-state index contributed by atoms with van der Waals surface area (Å²) in [5, 5.41) is 3.64. The van der Waals surface area contributed by atoms with Gasteiger partial charge in [-0.05, 0) is 20.4 Å². The zero-order valence-corrected chi connectivity index (χ0v) is 12.0. The van der Waals surface area contributed by atoms with Crippen molar-refractivity contribution in [1.82, 2.24) is 15.1 Å². The molecule has 1 unspecified atom stereocenters. The minimum Gasteiger partial charge on any atom is -0.313 e. The van der Waals surface area contributed by atoms with E-state index in [1.54, 1.807) is 0 Å². The molecule has 1 atom stereocenters. The van der Waals surface area contributed by atoms with Gasteiger partial charge in [0.15, 0.2) is 0 Å². The molecule has 0 spiro atoms. The number of likely N-dealkylation sites (N-methyl/N-ethyl adjacent to an activating group) is 1. The number of nitrogens with zero attached hydrogens (tertiary/aromatic N) is 2. The molecule has 0 aromatic heterocycles. The molecule has 0 radical (unpaired) electrons. The van der Waals surface area contributed by atoms with Crippen molar-refractivity contribution in [2.75, 3.05) is 46.3 Å². The topological polar surface area (TPSA) is 18.5 Å². The number of unbranched alkanes of at least 4 members (excludes halogenated alkanes) is 2. The second kappa shape index (κ2) is 8.90. The predicted molar refractivity (Wildman–Crippen MR) is 75.5 cm³/mol. The van der Waals surface area contributed by atoms with E-state index in [2.05, 4.69) is 36.0 Å². The van der Waals surface area contributed by atoms with Crippen LogP contribution in [0.4, 0.5) is 0 Å². The van der Waals surface area contributed by atoms with Crippen molar-refractivity contribution in [1.29, 1.82) is 0 Å². The van der Waals surface area contributed by atoms with Gasteiger partial charge in [-0.3, -0.25) is 4.90 Å². The van der Waals surface area contributed by atoms with Crippen LogP contribution in [0.3, 0.4) is 0 Å². The molecule has 1 N–H and O–H groups in total. The summed E-state index contributed by atoms with van der Waals surface area (Å²) in [6, 6.07) is 0.689. The van der Waals surface area contributed by atoms with Gasteiger partial charge in [0.25, 0.3) is 0 Å². The van der Waals surface area contributed by atoms with E-state index in [0.717, 1.165) is 6.54 Å². The van der Waals surface area contributed by atoms with Crippen LogP contribution in [0.2, 0.25) is 0 Å². The maximum atomic E-state index is 3.64. The van der Waals surface area contributed by atoms with Crippen molar-refractivity contribution in [2.24, 2.45) is 0 Å². The van der Waals surface area contributed by atoms with Gasteiger partial charge in [0, 0.05) is 45.3 Å². The number of nitrogens with one attached hydrogen (secondary N) is 1. The van der Waals surface area contributed by atoms with E-state index in [9.17, 15) is 0 Å². The Balaban J connectivity index is 1.95. The van der Waals surface area contributed by atoms with Gasteiger partial charge in [0.1, 0.15) is 0 Å². The summed E-state index contributed by atoms with van der Waals surface area (Å²) in [4.78, 5) is 4.99. The van der Waals surface area contributed by atoms with Crippen LogP contribution in [0.25, 0.3) is 0 Å². The third-order valence-corrected chi connectivity index (χ3v) is 3.76. The summed E-state index contributed by atoms with van der Waals surface area (Å²) in [6.07, 6.45) is 5.41. The van der Waals surface area contributed by atoms with Crippen LogP contribution in [-0.4, -0.2) is 62.2 Å². The van der Waals surface area contributed by atoms with Crippen molar-refractivity contribution in [3.63, 3.8) is 0 Å². The molecule has 1 aliphatic rings. The van der Waals surface area contributed by atoms with Gasteiger partial charge >= 0.3 is 0 Å². The average Bonchev–Trinajstić information content (AvgIpc) is 2.32. The molecule has 102 valence electrons. The molecule has 0 aliphatic carbocycles. The standard InChI is InChI=1S/C14H31N3/c1-4-5-6-7-14(2)15-8-9-17-12-10-16(3)11-13-17/h14-15H,4-13H2,1-3H3. The highest BCUT2D eigenvalue weighted by Gasteiger charge is 2.12. The van der Waals surface area contributed by atoms with Crippen molar-refractivity contribution in [3.05, 3.63) is 0 Å². The smallest absolute Gasteiger partial charge is 0.0110 e. The Morgan fingerprint density at radius 3 is 2.47 bits per heavy atom. The minimum atomic E-state index is 0.689. The Morgan fingerprint density at radius 2 is 1.82 bits per heavy atom. The molecule has 0 aromatic rings. The van der Waals surface area contributed by atoms with Crippen LogP contribution in [0.1, 0.15) is 39.5 Å². The molecule has 3 heteroatoms. The Hall–Kier alpha value is -0.120. The molecular formula is C14H31N3. The highest BCUT2D eigenvalue weighted by atomic mass is 15.2. The Bertz CT molecular complexity index is 176. The largest absolute Gasteiger partial charge is 0.313 e. The lowest BCUT2D eigenvalue weighted by atomic mass is 10.1. The van der Waals surface area contributed by atoms with Gasteiger partial charge in [0.05, 0.1) is 0 Å². The molecule has 1 heterocycles. The van der Waals surface area contributed by atoms with Gasteiger partial charge in [0.2, 0.25) is 0 Å². The summed E-state index contributed by atoms with van der Waals surface area (Å²) in [7, 11) is 2.21. The quantitative estimate of drug-likeness (QED) is 0.654. The average molecular weight is 241 g/mol. The first kappa shape index (κ1) is 14.9. The summed E-state index contributed by atoms with van der Waals surface area (Å²) in [5.74, 6) is 0. The molecule has 1 saturated heterocycles. The van der Waals surface area contributed by atoms with Gasteiger partial charge in [-0.15, -0.1) is 0 Å². The van der Waals surface area contributed by atoms with Crippen LogP contribution in [0, 0.1) is 0 Å². The monoisotopic (exact) mass is 241 g/mol. The SMILES string of the molecule is CCCCCC(C)NCCN1CCN(C)CC1. The Kier molecular flexibility index (Phi) is 7.82. The van der Waals surface area contributed by atoms with Crippen LogP contribution in [0.15, 0.2) is 0 Å². The predicted octanol–water partition coefficient (Wildman–Crippen LogP) is 1.79. The highest BCUT2D eigenvalue weighted by molar-refractivity contribution is 4.70. The number of hydrogen-bond acceptors (Lipinski definition) is 3. The second-order valence-corrected chi connectivity index (χ2v) is 5.50. The summed E-state index contributed by atoms with van der Waals surface area (Å²) in [5.41, 5.74) is 0. The zero-order chi connectivity index (χ0) is 12.5. The van der Waals surface area contributed by atoms with Crippen LogP contribution >= 0.6 is 0 Å². The van der Waals surface area contributed by atoms with Gasteiger partial charge in [-0.25, -0.2) is 0 Å². The van der Waals surface area contributed by atoms with Crippen molar-refractivity contribution >= 4 is 0 Å². The third-order valence-electron chi connectivity index (χ3n) is 3.76. The molecule has 1 fully saturated rings. The van der Waals surface area contributed by atoms with Gasteiger partial charge in [-0.2, -0.15) is 0 Å². The number of piperazine rings is 1. The normalized spacial score (nSPS) is 20.6. The molecule has 0 saturated carbocycles. The Labute approximate surface area is 108 Å². The fraction of sp³-hybridized carbons (Fsp3) is 1.00. The number of rotatable bonds is 8. The molecule has 0 amide bonds. The minimum absolute atomic E-state index is 0.689. The first-order valence-corrected chi connectivity index (χ1v) is 7.36. The molecule has 0 bridgehead atoms. The van der Waals surface area contributed by atoms with E-state index < -0.39 is 0 Å². The molecule has 3 nitrogen and oxygen atoms in total. The van der Waals surface area contributed by atoms with E-state index in [4.69, 9.17) is 0 Å². The van der Waals surface area contributed by atoms with Gasteiger partial charge in [-0.1, -0.05) is 26.2 Å². The molecular weight excluding hydrogens is 210 g/mol. The first-order valence-electron chi connectivity index (χ1n) is 7.36. The second-order valence-electron chi connectivity index (χ2n) is 5.50. The molecule has 1 aliphatic heterocycles. The van der Waals surface area contributed by atoms with E-state index >= 15 is 0 Å².